The number of fused-ring (bicyclic) bond motifs is 1. The standard InChI is InChI=1S/C20H23N3O.2ClH/c1-15-7-9-17(10-8-15)20-21-24-19(14-22(20)2)23-12-11-16-5-3-4-6-18(16)13-23;;/h3-10,19H,11-14H2,1-2H3;2*1H. The highest BCUT2D eigenvalue weighted by Crippen LogP contribution is 2.23. The van der Waals surface area contributed by atoms with Crippen LogP contribution in [0.3, 0.4) is 0 Å². The second kappa shape index (κ2) is 8.76. The lowest BCUT2D eigenvalue weighted by molar-refractivity contribution is -0.0843. The van der Waals surface area contributed by atoms with Crippen molar-refractivity contribution in [3.05, 3.63) is 70.8 Å². The molecule has 2 aliphatic rings. The van der Waals surface area contributed by atoms with E-state index in [2.05, 4.69) is 77.5 Å². The molecule has 0 amide bonds. The number of benzene rings is 2. The van der Waals surface area contributed by atoms with Crippen molar-refractivity contribution in [2.75, 3.05) is 20.1 Å². The molecule has 1 atom stereocenters. The van der Waals surface area contributed by atoms with Crippen LogP contribution in [0.15, 0.2) is 53.7 Å². The van der Waals surface area contributed by atoms with E-state index in [-0.39, 0.29) is 31.0 Å². The molecule has 0 N–H and O–H groups in total. The van der Waals surface area contributed by atoms with E-state index >= 15 is 0 Å². The van der Waals surface area contributed by atoms with Crippen LogP contribution >= 0.6 is 24.8 Å². The zero-order chi connectivity index (χ0) is 16.5. The van der Waals surface area contributed by atoms with Crippen LogP contribution in [0.1, 0.15) is 22.3 Å². The number of halogens is 2. The summed E-state index contributed by atoms with van der Waals surface area (Å²) >= 11 is 0. The topological polar surface area (TPSA) is 28.1 Å². The van der Waals surface area contributed by atoms with Crippen molar-refractivity contribution in [1.82, 2.24) is 9.80 Å². The molecule has 26 heavy (non-hydrogen) atoms. The molecule has 0 saturated heterocycles. The van der Waals surface area contributed by atoms with Gasteiger partial charge in [-0.05, 0) is 24.5 Å². The summed E-state index contributed by atoms with van der Waals surface area (Å²) in [6.45, 7) is 4.88. The first-order valence-electron chi connectivity index (χ1n) is 8.53. The van der Waals surface area contributed by atoms with E-state index in [4.69, 9.17) is 4.84 Å². The van der Waals surface area contributed by atoms with Gasteiger partial charge in [-0.15, -0.1) is 24.8 Å². The minimum absolute atomic E-state index is 0. The molecular weight excluding hydrogens is 369 g/mol. The fourth-order valence-electron chi connectivity index (χ4n) is 3.46. The predicted molar refractivity (Wildman–Crippen MR) is 110 cm³/mol. The Hall–Kier alpha value is -1.75. The average molecular weight is 394 g/mol. The molecular formula is C20H25Cl2N3O. The van der Waals surface area contributed by atoms with Crippen LogP contribution in [0, 0.1) is 6.92 Å². The van der Waals surface area contributed by atoms with E-state index in [0.717, 1.165) is 37.5 Å². The molecule has 2 aliphatic heterocycles. The number of likely N-dealkylation sites (N-methyl/N-ethyl adjacent to an activating group) is 1. The molecule has 2 aromatic rings. The van der Waals surface area contributed by atoms with Crippen molar-refractivity contribution in [1.29, 1.82) is 0 Å². The minimum Gasteiger partial charge on any atom is -0.373 e. The number of rotatable bonds is 2. The third-order valence-electron chi connectivity index (χ3n) is 4.93. The summed E-state index contributed by atoms with van der Waals surface area (Å²) in [5.74, 6) is 0.906. The first kappa shape index (κ1) is 20.6. The summed E-state index contributed by atoms with van der Waals surface area (Å²) in [7, 11) is 2.09. The lowest BCUT2D eigenvalue weighted by Crippen LogP contribution is -2.50. The fourth-order valence-corrected chi connectivity index (χ4v) is 3.46. The van der Waals surface area contributed by atoms with Gasteiger partial charge in [-0.1, -0.05) is 59.3 Å². The van der Waals surface area contributed by atoms with Crippen molar-refractivity contribution < 1.29 is 4.84 Å². The molecule has 2 aromatic carbocycles. The first-order valence-corrected chi connectivity index (χ1v) is 8.53. The summed E-state index contributed by atoms with van der Waals surface area (Å²) < 4.78 is 0. The summed E-state index contributed by atoms with van der Waals surface area (Å²) in [6.07, 6.45) is 1.09. The predicted octanol–water partition coefficient (Wildman–Crippen LogP) is 3.85. The van der Waals surface area contributed by atoms with E-state index in [9.17, 15) is 0 Å². The van der Waals surface area contributed by atoms with Gasteiger partial charge in [-0.2, -0.15) is 0 Å². The van der Waals surface area contributed by atoms with Crippen molar-refractivity contribution in [2.24, 2.45) is 5.16 Å². The molecule has 6 heteroatoms. The van der Waals surface area contributed by atoms with E-state index in [0.29, 0.717) is 0 Å². The molecule has 1 unspecified atom stereocenters. The molecule has 4 nitrogen and oxygen atoms in total. The second-order valence-corrected chi connectivity index (χ2v) is 6.71. The highest BCUT2D eigenvalue weighted by Gasteiger charge is 2.30. The van der Waals surface area contributed by atoms with Crippen LogP contribution in [0.4, 0.5) is 0 Å². The molecule has 0 bridgehead atoms. The quantitative estimate of drug-likeness (QED) is 0.775. The average Bonchev–Trinajstić information content (AvgIpc) is 2.62. The second-order valence-electron chi connectivity index (χ2n) is 6.71. The van der Waals surface area contributed by atoms with Crippen LogP contribution in [0.2, 0.25) is 0 Å². The number of hydrogen-bond acceptors (Lipinski definition) is 4. The maximum Gasteiger partial charge on any atom is 0.199 e. The van der Waals surface area contributed by atoms with E-state index in [1.54, 1.807) is 0 Å². The lowest BCUT2D eigenvalue weighted by atomic mass is 10.00. The monoisotopic (exact) mass is 393 g/mol. The third kappa shape index (κ3) is 4.14. The molecule has 140 valence electrons. The highest BCUT2D eigenvalue weighted by atomic mass is 35.5. The number of aryl methyl sites for hydroxylation is 1. The molecule has 0 saturated carbocycles. The van der Waals surface area contributed by atoms with Gasteiger partial charge in [0, 0.05) is 25.7 Å². The minimum atomic E-state index is 0. The van der Waals surface area contributed by atoms with Gasteiger partial charge in [0.2, 0.25) is 0 Å². The maximum atomic E-state index is 5.87. The van der Waals surface area contributed by atoms with Gasteiger partial charge in [0.25, 0.3) is 0 Å². The Morgan fingerprint density at radius 2 is 1.69 bits per heavy atom. The lowest BCUT2D eigenvalue weighted by Gasteiger charge is -2.38. The van der Waals surface area contributed by atoms with Gasteiger partial charge in [0.1, 0.15) is 0 Å². The zero-order valence-corrected chi connectivity index (χ0v) is 16.7. The Bertz CT molecular complexity index is 764. The van der Waals surface area contributed by atoms with Crippen LogP contribution in [0.5, 0.6) is 0 Å². The molecule has 0 spiro atoms. The van der Waals surface area contributed by atoms with Crippen LogP contribution in [-0.2, 0) is 17.8 Å². The van der Waals surface area contributed by atoms with E-state index < -0.39 is 0 Å². The van der Waals surface area contributed by atoms with Crippen LogP contribution in [0.25, 0.3) is 0 Å². The number of nitrogens with zero attached hydrogens (tertiary/aromatic N) is 3. The molecule has 2 heterocycles. The summed E-state index contributed by atoms with van der Waals surface area (Å²) in [5, 5.41) is 4.42. The largest absolute Gasteiger partial charge is 0.373 e. The molecule has 0 aliphatic carbocycles. The van der Waals surface area contributed by atoms with Gasteiger partial charge in [0.15, 0.2) is 12.1 Å². The van der Waals surface area contributed by atoms with Crippen LogP contribution in [-0.4, -0.2) is 42.0 Å². The van der Waals surface area contributed by atoms with Gasteiger partial charge in [-0.3, -0.25) is 4.90 Å². The van der Waals surface area contributed by atoms with Gasteiger partial charge >= 0.3 is 0 Å². The van der Waals surface area contributed by atoms with E-state index in [1.807, 2.05) is 0 Å². The Kier molecular flexibility index (Phi) is 6.93. The zero-order valence-electron chi connectivity index (χ0n) is 15.1. The molecule has 0 radical (unpaired) electrons. The summed E-state index contributed by atoms with van der Waals surface area (Å²) in [6, 6.07) is 17.1. The Labute approximate surface area is 167 Å². The summed E-state index contributed by atoms with van der Waals surface area (Å²) in [4.78, 5) is 10.4. The maximum absolute atomic E-state index is 5.87. The number of oxime groups is 1. The summed E-state index contributed by atoms with van der Waals surface area (Å²) in [5.41, 5.74) is 5.22. The fraction of sp³-hybridized carbons (Fsp3) is 0.350. The first-order chi connectivity index (χ1) is 11.7. The van der Waals surface area contributed by atoms with Gasteiger partial charge in [-0.25, -0.2) is 0 Å². The van der Waals surface area contributed by atoms with Crippen molar-refractivity contribution in [2.45, 2.75) is 26.1 Å². The van der Waals surface area contributed by atoms with Crippen LogP contribution < -0.4 is 0 Å². The number of hydrogen-bond donors (Lipinski definition) is 0. The third-order valence-corrected chi connectivity index (χ3v) is 4.93. The molecule has 0 fully saturated rings. The molecule has 4 rings (SSSR count). The Morgan fingerprint density at radius 1 is 1.00 bits per heavy atom. The Morgan fingerprint density at radius 3 is 2.38 bits per heavy atom. The number of amidine groups is 1. The smallest absolute Gasteiger partial charge is 0.199 e. The van der Waals surface area contributed by atoms with E-state index in [1.165, 1.54) is 16.7 Å². The van der Waals surface area contributed by atoms with Crippen molar-refractivity contribution in [3.63, 3.8) is 0 Å². The SMILES string of the molecule is Cc1ccc(C2=NOC(N3CCc4ccccc4C3)CN2C)cc1.Cl.Cl. The van der Waals surface area contributed by atoms with Gasteiger partial charge in [0.05, 0.1) is 6.54 Å². The van der Waals surface area contributed by atoms with Crippen molar-refractivity contribution in [3.8, 4) is 0 Å². The highest BCUT2D eigenvalue weighted by molar-refractivity contribution is 5.98. The van der Waals surface area contributed by atoms with Gasteiger partial charge < -0.3 is 9.74 Å². The van der Waals surface area contributed by atoms with Crippen molar-refractivity contribution >= 4 is 30.6 Å². The normalized spacial score (nSPS) is 19.4. The Balaban J connectivity index is 0.00000121. The molecule has 0 aromatic heterocycles.